The Labute approximate surface area is 159 Å². The highest BCUT2D eigenvalue weighted by atomic mass is 16.5. The third-order valence-corrected chi connectivity index (χ3v) is 3.77. The SMILES string of the molecule is COc1cc(/C=N\NC(=O)c2n[nH]c(=O)c3ccccc23)ccc1OCC#N. The average Bonchev–Trinajstić information content (AvgIpc) is 2.73. The number of hydrogen-bond donors (Lipinski definition) is 2. The number of carbonyl (C=O) groups excluding carboxylic acids is 1. The maximum absolute atomic E-state index is 12.4. The quantitative estimate of drug-likeness (QED) is 0.496. The van der Waals surface area contributed by atoms with Gasteiger partial charge in [0.05, 0.1) is 18.7 Å². The minimum absolute atomic E-state index is 0.0604. The van der Waals surface area contributed by atoms with Gasteiger partial charge in [-0.15, -0.1) is 0 Å². The zero-order chi connectivity index (χ0) is 19.9. The molecule has 0 unspecified atom stereocenters. The maximum Gasteiger partial charge on any atom is 0.292 e. The second-order valence-electron chi connectivity index (χ2n) is 5.50. The summed E-state index contributed by atoms with van der Waals surface area (Å²) in [4.78, 5) is 24.2. The number of ether oxygens (including phenoxy) is 2. The summed E-state index contributed by atoms with van der Waals surface area (Å²) < 4.78 is 10.5. The van der Waals surface area contributed by atoms with Gasteiger partial charge in [0.25, 0.3) is 11.5 Å². The molecule has 1 aromatic heterocycles. The van der Waals surface area contributed by atoms with Crippen LogP contribution >= 0.6 is 0 Å². The summed E-state index contributed by atoms with van der Waals surface area (Å²) in [5.41, 5.74) is 2.70. The topological polar surface area (TPSA) is 129 Å². The minimum Gasteiger partial charge on any atom is -0.493 e. The molecule has 0 bridgehead atoms. The molecule has 0 spiro atoms. The first-order chi connectivity index (χ1) is 13.6. The summed E-state index contributed by atoms with van der Waals surface area (Å²) in [5.74, 6) is 0.289. The molecule has 0 atom stereocenters. The Morgan fingerprint density at radius 1 is 1.29 bits per heavy atom. The second-order valence-corrected chi connectivity index (χ2v) is 5.50. The smallest absolute Gasteiger partial charge is 0.292 e. The molecule has 9 heteroatoms. The molecule has 0 radical (unpaired) electrons. The number of nitrogens with zero attached hydrogens (tertiary/aromatic N) is 3. The lowest BCUT2D eigenvalue weighted by Crippen LogP contribution is -2.22. The van der Waals surface area contributed by atoms with Crippen molar-refractivity contribution < 1.29 is 14.3 Å². The predicted molar refractivity (Wildman–Crippen MR) is 102 cm³/mol. The molecule has 2 N–H and O–H groups in total. The Morgan fingerprint density at radius 3 is 2.82 bits per heavy atom. The lowest BCUT2D eigenvalue weighted by molar-refractivity contribution is 0.0951. The van der Waals surface area contributed by atoms with E-state index in [4.69, 9.17) is 14.7 Å². The van der Waals surface area contributed by atoms with Crippen LogP contribution in [0.5, 0.6) is 11.5 Å². The number of benzene rings is 2. The number of fused-ring (bicyclic) bond motifs is 1. The van der Waals surface area contributed by atoms with Gasteiger partial charge in [-0.1, -0.05) is 18.2 Å². The van der Waals surface area contributed by atoms with Crippen LogP contribution in [0.1, 0.15) is 16.1 Å². The van der Waals surface area contributed by atoms with Crippen LogP contribution in [0.3, 0.4) is 0 Å². The third-order valence-electron chi connectivity index (χ3n) is 3.77. The van der Waals surface area contributed by atoms with E-state index >= 15 is 0 Å². The molecule has 0 aliphatic rings. The predicted octanol–water partition coefficient (Wildman–Crippen LogP) is 1.60. The fraction of sp³-hybridized carbons (Fsp3) is 0.105. The van der Waals surface area contributed by atoms with Crippen LogP contribution in [0.25, 0.3) is 10.8 Å². The average molecular weight is 377 g/mol. The largest absolute Gasteiger partial charge is 0.493 e. The van der Waals surface area contributed by atoms with Crippen molar-refractivity contribution in [2.45, 2.75) is 0 Å². The first-order valence-corrected chi connectivity index (χ1v) is 8.12. The Morgan fingerprint density at radius 2 is 2.07 bits per heavy atom. The lowest BCUT2D eigenvalue weighted by atomic mass is 10.1. The molecule has 1 amide bonds. The van der Waals surface area contributed by atoms with Crippen LogP contribution in [0, 0.1) is 11.3 Å². The number of rotatable bonds is 6. The van der Waals surface area contributed by atoms with Gasteiger partial charge in [-0.3, -0.25) is 9.59 Å². The molecule has 0 aliphatic carbocycles. The van der Waals surface area contributed by atoms with Crippen molar-refractivity contribution in [3.63, 3.8) is 0 Å². The fourth-order valence-electron chi connectivity index (χ4n) is 2.50. The summed E-state index contributed by atoms with van der Waals surface area (Å²) in [6.45, 7) is -0.0972. The fourth-order valence-corrected chi connectivity index (χ4v) is 2.50. The number of hydrazone groups is 1. The van der Waals surface area contributed by atoms with Crippen LogP contribution in [-0.4, -0.2) is 36.0 Å². The van der Waals surface area contributed by atoms with E-state index in [1.54, 1.807) is 42.5 Å². The molecule has 3 aromatic rings. The summed E-state index contributed by atoms with van der Waals surface area (Å²) in [5, 5.41) is 19.4. The van der Waals surface area contributed by atoms with E-state index in [1.165, 1.54) is 13.3 Å². The number of methoxy groups -OCH3 is 1. The molecule has 3 rings (SSSR count). The first-order valence-electron chi connectivity index (χ1n) is 8.12. The van der Waals surface area contributed by atoms with E-state index in [9.17, 15) is 9.59 Å². The van der Waals surface area contributed by atoms with Crippen molar-refractivity contribution in [3.8, 4) is 17.6 Å². The zero-order valence-electron chi connectivity index (χ0n) is 14.8. The van der Waals surface area contributed by atoms with E-state index in [0.29, 0.717) is 27.8 Å². The molecular formula is C19H15N5O4. The molecule has 0 fully saturated rings. The number of hydrogen-bond acceptors (Lipinski definition) is 7. The van der Waals surface area contributed by atoms with Crippen molar-refractivity contribution in [2.75, 3.05) is 13.7 Å². The Bertz CT molecular complexity index is 1150. The molecule has 1 heterocycles. The second kappa shape index (κ2) is 8.46. The van der Waals surface area contributed by atoms with Gasteiger partial charge < -0.3 is 9.47 Å². The zero-order valence-corrected chi connectivity index (χ0v) is 14.8. The normalized spacial score (nSPS) is 10.6. The van der Waals surface area contributed by atoms with Gasteiger partial charge in [0.2, 0.25) is 0 Å². The first kappa shape index (κ1) is 18.6. The number of amides is 1. The minimum atomic E-state index is -0.565. The van der Waals surface area contributed by atoms with E-state index in [-0.39, 0.29) is 17.9 Å². The van der Waals surface area contributed by atoms with Crippen LogP contribution in [0.2, 0.25) is 0 Å². The monoisotopic (exact) mass is 377 g/mol. The van der Waals surface area contributed by atoms with Crippen LogP contribution in [-0.2, 0) is 0 Å². The van der Waals surface area contributed by atoms with Gasteiger partial charge in [-0.25, -0.2) is 10.5 Å². The molecule has 0 saturated carbocycles. The van der Waals surface area contributed by atoms with Gasteiger partial charge in [0.15, 0.2) is 23.8 Å². The summed E-state index contributed by atoms with van der Waals surface area (Å²) in [6, 6.07) is 13.5. The highest BCUT2D eigenvalue weighted by molar-refractivity contribution is 6.04. The van der Waals surface area contributed by atoms with Gasteiger partial charge in [-0.05, 0) is 29.8 Å². The van der Waals surface area contributed by atoms with Crippen molar-refractivity contribution >= 4 is 22.9 Å². The van der Waals surface area contributed by atoms with E-state index < -0.39 is 5.91 Å². The lowest BCUT2D eigenvalue weighted by Gasteiger charge is -2.08. The highest BCUT2D eigenvalue weighted by Crippen LogP contribution is 2.27. The number of aromatic nitrogens is 2. The number of aromatic amines is 1. The van der Waals surface area contributed by atoms with Crippen molar-refractivity contribution in [1.82, 2.24) is 15.6 Å². The molecule has 2 aromatic carbocycles. The van der Waals surface area contributed by atoms with Crippen molar-refractivity contribution in [2.24, 2.45) is 5.10 Å². The summed E-state index contributed by atoms with van der Waals surface area (Å²) in [7, 11) is 1.48. The van der Waals surface area contributed by atoms with Crippen molar-refractivity contribution in [1.29, 1.82) is 5.26 Å². The number of nitriles is 1. The Hall–Kier alpha value is -4.19. The van der Waals surface area contributed by atoms with Gasteiger partial charge in [0.1, 0.15) is 6.07 Å². The van der Waals surface area contributed by atoms with Gasteiger partial charge in [0, 0.05) is 5.39 Å². The van der Waals surface area contributed by atoms with E-state index in [2.05, 4.69) is 20.7 Å². The van der Waals surface area contributed by atoms with Crippen LogP contribution in [0.15, 0.2) is 52.4 Å². The summed E-state index contributed by atoms with van der Waals surface area (Å²) in [6.07, 6.45) is 1.42. The molecule has 9 nitrogen and oxygen atoms in total. The Balaban J connectivity index is 1.76. The number of nitrogens with one attached hydrogen (secondary N) is 2. The number of H-pyrrole nitrogens is 1. The molecule has 0 aliphatic heterocycles. The van der Waals surface area contributed by atoms with E-state index in [1.807, 2.05) is 6.07 Å². The highest BCUT2D eigenvalue weighted by Gasteiger charge is 2.13. The van der Waals surface area contributed by atoms with Gasteiger partial charge in [-0.2, -0.15) is 15.5 Å². The van der Waals surface area contributed by atoms with Crippen molar-refractivity contribution in [3.05, 3.63) is 64.1 Å². The molecule has 0 saturated heterocycles. The standard InChI is InChI=1S/C19H15N5O4/c1-27-16-10-12(6-7-15(16)28-9-8-20)11-21-23-19(26)17-13-4-2-3-5-14(13)18(25)24-22-17/h2-7,10-11H,9H2,1H3,(H,23,26)(H,24,25)/b21-11-. The van der Waals surface area contributed by atoms with E-state index in [0.717, 1.165) is 0 Å². The maximum atomic E-state index is 12.4. The Kier molecular flexibility index (Phi) is 5.62. The third kappa shape index (κ3) is 3.96. The summed E-state index contributed by atoms with van der Waals surface area (Å²) >= 11 is 0. The van der Waals surface area contributed by atoms with Crippen LogP contribution in [0.4, 0.5) is 0 Å². The number of carbonyl (C=O) groups is 1. The van der Waals surface area contributed by atoms with Gasteiger partial charge >= 0.3 is 0 Å². The van der Waals surface area contributed by atoms with Crippen LogP contribution < -0.4 is 20.5 Å². The molecular weight excluding hydrogens is 362 g/mol. The molecule has 28 heavy (non-hydrogen) atoms. The molecule has 140 valence electrons.